The van der Waals surface area contributed by atoms with E-state index in [1.807, 2.05) is 0 Å². The lowest BCUT2D eigenvalue weighted by Crippen LogP contribution is -2.57. The molecule has 0 saturated carbocycles. The van der Waals surface area contributed by atoms with Crippen LogP contribution in [0.1, 0.15) is 6.42 Å². The number of allylic oxidation sites excluding steroid dienone is 1. The van der Waals surface area contributed by atoms with E-state index in [2.05, 4.69) is 0 Å². The van der Waals surface area contributed by atoms with Gasteiger partial charge in [-0.15, -0.1) is 0 Å². The Bertz CT molecular complexity index is 374. The summed E-state index contributed by atoms with van der Waals surface area (Å²) in [6, 6.07) is 0. The normalized spacial score (nSPS) is 14.9. The van der Waals surface area contributed by atoms with E-state index in [0.717, 1.165) is 0 Å². The zero-order valence-electron chi connectivity index (χ0n) is 8.62. The molecule has 0 saturated heterocycles. The van der Waals surface area contributed by atoms with E-state index >= 15 is 0 Å². The molecule has 0 atom stereocenters. The molecule has 0 aromatic heterocycles. The zero-order valence-corrected chi connectivity index (χ0v) is 8.62. The Balaban J connectivity index is 5.30. The Morgan fingerprint density at radius 2 is 1.53 bits per heavy atom. The third-order valence-electron chi connectivity index (χ3n) is 1.89. The van der Waals surface area contributed by atoms with Crippen LogP contribution in [0, 0.1) is 0 Å². The first-order valence-electron chi connectivity index (χ1n) is 4.28. The molecule has 2 nitrogen and oxygen atoms in total. The third-order valence-corrected chi connectivity index (χ3v) is 1.89. The van der Waals surface area contributed by atoms with Crippen LogP contribution in [0.4, 0.5) is 39.5 Å². The minimum Gasteiger partial charge on any atom is -0.476 e. The highest BCUT2D eigenvalue weighted by molar-refractivity contribution is 5.83. The molecule has 0 radical (unpaired) electrons. The van der Waals surface area contributed by atoms with Crippen molar-refractivity contribution >= 4 is 5.97 Å². The first kappa shape index (κ1) is 17.6. The predicted molar refractivity (Wildman–Crippen MR) is 42.3 cm³/mol. The van der Waals surface area contributed by atoms with Gasteiger partial charge in [-0.2, -0.15) is 30.7 Å². The molecule has 112 valence electrons. The topological polar surface area (TPSA) is 37.3 Å². The lowest BCUT2D eigenvalue weighted by atomic mass is 10.0. The smallest absolute Gasteiger partial charge is 0.378 e. The minimum atomic E-state index is -6.48. The third kappa shape index (κ3) is 3.32. The van der Waals surface area contributed by atoms with E-state index in [1.54, 1.807) is 0 Å². The average Bonchev–Trinajstić information content (AvgIpc) is 2.24. The SMILES string of the molecule is O=C(O)C(F)=CCC(F)(F)C(F)(F)C(F)(F)C(F)F. The number of aliphatic carboxylic acids is 1. The molecule has 0 amide bonds. The fraction of sp³-hybridized carbons (Fsp3) is 0.625. The van der Waals surface area contributed by atoms with Crippen LogP contribution in [-0.4, -0.2) is 35.3 Å². The summed E-state index contributed by atoms with van der Waals surface area (Å²) in [6.07, 6.45) is -8.18. The van der Waals surface area contributed by atoms with Crippen LogP contribution in [-0.2, 0) is 4.79 Å². The fourth-order valence-corrected chi connectivity index (χ4v) is 0.814. The van der Waals surface area contributed by atoms with Gasteiger partial charge in [0.1, 0.15) is 0 Å². The first-order valence-corrected chi connectivity index (χ1v) is 4.28. The van der Waals surface area contributed by atoms with Crippen molar-refractivity contribution in [3.63, 3.8) is 0 Å². The van der Waals surface area contributed by atoms with Crippen molar-refractivity contribution in [3.8, 4) is 0 Å². The summed E-state index contributed by atoms with van der Waals surface area (Å²) in [5.74, 6) is -23.3. The lowest BCUT2D eigenvalue weighted by Gasteiger charge is -2.31. The van der Waals surface area contributed by atoms with Gasteiger partial charge in [0.2, 0.25) is 5.83 Å². The van der Waals surface area contributed by atoms with Gasteiger partial charge in [-0.1, -0.05) is 0 Å². The van der Waals surface area contributed by atoms with E-state index < -0.39 is 48.5 Å². The molecular formula is C8H5F9O2. The zero-order chi connectivity index (χ0) is 15.6. The van der Waals surface area contributed by atoms with Crippen molar-refractivity contribution < 1.29 is 49.4 Å². The van der Waals surface area contributed by atoms with Crippen molar-refractivity contribution in [2.45, 2.75) is 30.6 Å². The van der Waals surface area contributed by atoms with Gasteiger partial charge in [-0.05, 0) is 6.08 Å². The number of rotatable bonds is 6. The molecule has 0 aliphatic heterocycles. The highest BCUT2D eigenvalue weighted by Gasteiger charge is 2.74. The van der Waals surface area contributed by atoms with Gasteiger partial charge in [0.25, 0.3) is 0 Å². The molecule has 0 rings (SSSR count). The second-order valence-electron chi connectivity index (χ2n) is 3.26. The first-order chi connectivity index (χ1) is 8.27. The molecule has 0 heterocycles. The van der Waals surface area contributed by atoms with E-state index in [-0.39, 0.29) is 0 Å². The maximum absolute atomic E-state index is 12.7. The van der Waals surface area contributed by atoms with Gasteiger partial charge in [-0.25, -0.2) is 13.6 Å². The molecule has 11 heteroatoms. The van der Waals surface area contributed by atoms with Gasteiger partial charge in [0.05, 0.1) is 0 Å². The molecule has 0 aliphatic carbocycles. The van der Waals surface area contributed by atoms with E-state index in [9.17, 15) is 44.3 Å². The van der Waals surface area contributed by atoms with Gasteiger partial charge < -0.3 is 5.11 Å². The number of carboxylic acids is 1. The standard InChI is InChI=1S/C8H5F9O2/c9-3(4(18)19)1-2-6(12,13)8(16,17)7(14,15)5(10)11/h1,5H,2H2,(H,18,19). The summed E-state index contributed by atoms with van der Waals surface area (Å²) in [5, 5.41) is 7.89. The molecular weight excluding hydrogens is 299 g/mol. The molecule has 0 spiro atoms. The van der Waals surface area contributed by atoms with Crippen molar-refractivity contribution in [2.75, 3.05) is 0 Å². The maximum Gasteiger partial charge on any atom is 0.378 e. The molecule has 19 heavy (non-hydrogen) atoms. The van der Waals surface area contributed by atoms with Crippen LogP contribution in [0.3, 0.4) is 0 Å². The monoisotopic (exact) mass is 304 g/mol. The molecule has 0 aromatic carbocycles. The molecule has 0 aromatic rings. The van der Waals surface area contributed by atoms with Crippen LogP contribution in [0.5, 0.6) is 0 Å². The summed E-state index contributed by atoms with van der Waals surface area (Å²) in [6.45, 7) is 0. The van der Waals surface area contributed by atoms with Crippen molar-refractivity contribution in [2.24, 2.45) is 0 Å². The van der Waals surface area contributed by atoms with Crippen LogP contribution in [0.2, 0.25) is 0 Å². The van der Waals surface area contributed by atoms with Crippen molar-refractivity contribution in [1.29, 1.82) is 0 Å². The lowest BCUT2D eigenvalue weighted by molar-refractivity contribution is -0.337. The highest BCUT2D eigenvalue weighted by Crippen LogP contribution is 2.50. The highest BCUT2D eigenvalue weighted by atomic mass is 19.4. The van der Waals surface area contributed by atoms with Crippen molar-refractivity contribution in [3.05, 3.63) is 11.9 Å². The van der Waals surface area contributed by atoms with Crippen LogP contribution in [0.25, 0.3) is 0 Å². The Hall–Kier alpha value is -1.42. The second-order valence-corrected chi connectivity index (χ2v) is 3.26. The summed E-state index contributed by atoms with van der Waals surface area (Å²) >= 11 is 0. The Morgan fingerprint density at radius 3 is 1.84 bits per heavy atom. The van der Waals surface area contributed by atoms with Crippen LogP contribution < -0.4 is 0 Å². The summed E-state index contributed by atoms with van der Waals surface area (Å²) in [7, 11) is 0. The Labute approximate surface area is 99.0 Å². The fourth-order valence-electron chi connectivity index (χ4n) is 0.814. The summed E-state index contributed by atoms with van der Waals surface area (Å²) in [4.78, 5) is 9.83. The summed E-state index contributed by atoms with van der Waals surface area (Å²) in [5.41, 5.74) is 0. The van der Waals surface area contributed by atoms with Crippen LogP contribution in [0.15, 0.2) is 11.9 Å². The molecule has 0 unspecified atom stereocenters. The minimum absolute atomic E-state index is 0.613. The van der Waals surface area contributed by atoms with Gasteiger partial charge >= 0.3 is 30.2 Å². The predicted octanol–water partition coefficient (Wildman–Crippen LogP) is 3.49. The van der Waals surface area contributed by atoms with E-state index in [0.29, 0.717) is 0 Å². The maximum atomic E-state index is 12.7. The molecule has 0 fully saturated rings. The average molecular weight is 304 g/mol. The Kier molecular flexibility index (Phi) is 4.90. The number of carbonyl (C=O) groups is 1. The molecule has 1 N–H and O–H groups in total. The largest absolute Gasteiger partial charge is 0.476 e. The Morgan fingerprint density at radius 1 is 1.11 bits per heavy atom. The number of alkyl halides is 8. The van der Waals surface area contributed by atoms with Gasteiger partial charge in [0.15, 0.2) is 0 Å². The van der Waals surface area contributed by atoms with Gasteiger partial charge in [-0.3, -0.25) is 0 Å². The molecule has 0 aliphatic rings. The number of hydrogen-bond donors (Lipinski definition) is 1. The number of carboxylic acid groups (broad SMARTS) is 1. The van der Waals surface area contributed by atoms with Crippen molar-refractivity contribution in [1.82, 2.24) is 0 Å². The second kappa shape index (κ2) is 5.29. The molecule has 0 bridgehead atoms. The van der Waals surface area contributed by atoms with Crippen LogP contribution >= 0.6 is 0 Å². The number of halogens is 9. The van der Waals surface area contributed by atoms with E-state index in [4.69, 9.17) is 5.11 Å². The van der Waals surface area contributed by atoms with E-state index in [1.165, 1.54) is 0 Å². The van der Waals surface area contributed by atoms with Gasteiger partial charge in [0, 0.05) is 6.42 Å². The number of hydrogen-bond acceptors (Lipinski definition) is 1. The summed E-state index contributed by atoms with van der Waals surface area (Å²) < 4.78 is 111. The quantitative estimate of drug-likeness (QED) is 0.602.